The summed E-state index contributed by atoms with van der Waals surface area (Å²) in [6.07, 6.45) is 0.696. The Kier molecular flexibility index (Phi) is 12.2. The summed E-state index contributed by atoms with van der Waals surface area (Å²) in [5.74, 6) is -4.72. The lowest BCUT2D eigenvalue weighted by atomic mass is 10.0. The molecule has 0 fully saturated rings. The van der Waals surface area contributed by atoms with Crippen LogP contribution in [0.1, 0.15) is 38.2 Å². The van der Waals surface area contributed by atoms with Gasteiger partial charge in [0.1, 0.15) is 18.1 Å². The minimum absolute atomic E-state index is 0.0761. The molecule has 0 saturated carbocycles. The molecule has 12 heteroatoms. The number of amides is 3. The second-order valence-corrected chi connectivity index (χ2v) is 7.87. The van der Waals surface area contributed by atoms with Crippen molar-refractivity contribution in [2.75, 3.05) is 6.54 Å². The van der Waals surface area contributed by atoms with Gasteiger partial charge < -0.3 is 37.6 Å². The molecule has 3 amide bonds. The van der Waals surface area contributed by atoms with Crippen molar-refractivity contribution in [1.29, 1.82) is 0 Å². The fourth-order valence-electron chi connectivity index (χ4n) is 3.03. The van der Waals surface area contributed by atoms with Crippen LogP contribution in [0.3, 0.4) is 0 Å². The van der Waals surface area contributed by atoms with E-state index in [1.54, 1.807) is 30.3 Å². The van der Waals surface area contributed by atoms with Gasteiger partial charge in [0.2, 0.25) is 17.7 Å². The summed E-state index contributed by atoms with van der Waals surface area (Å²) in [7, 11) is 0. The van der Waals surface area contributed by atoms with E-state index in [0.717, 1.165) is 5.56 Å². The number of nitrogens with two attached hydrogens (primary N) is 2. The maximum absolute atomic E-state index is 13.0. The lowest BCUT2D eigenvalue weighted by Crippen LogP contribution is -2.57. The lowest BCUT2D eigenvalue weighted by Gasteiger charge is -2.25. The molecule has 1 aromatic carbocycles. The number of carbonyl (C=O) groups is 5. The number of nitrogens with one attached hydrogen (secondary N) is 3. The van der Waals surface area contributed by atoms with Crippen molar-refractivity contribution in [3.05, 3.63) is 35.9 Å². The normalized spacial score (nSPS) is 14.2. The molecule has 1 aromatic rings. The first-order valence-electron chi connectivity index (χ1n) is 10.9. The maximum atomic E-state index is 13.0. The summed E-state index contributed by atoms with van der Waals surface area (Å²) < 4.78 is 0. The highest BCUT2D eigenvalue weighted by atomic mass is 16.4. The van der Waals surface area contributed by atoms with Gasteiger partial charge in [0.15, 0.2) is 0 Å². The van der Waals surface area contributed by atoms with Gasteiger partial charge in [0.25, 0.3) is 0 Å². The molecule has 34 heavy (non-hydrogen) atoms. The van der Waals surface area contributed by atoms with Crippen LogP contribution in [0.4, 0.5) is 0 Å². The second kappa shape index (κ2) is 14.6. The minimum atomic E-state index is -1.36. The average molecular weight is 480 g/mol. The van der Waals surface area contributed by atoms with Crippen LogP contribution in [-0.4, -0.2) is 70.6 Å². The zero-order valence-corrected chi connectivity index (χ0v) is 19.0. The Bertz CT molecular complexity index is 849. The largest absolute Gasteiger partial charge is 0.481 e. The van der Waals surface area contributed by atoms with E-state index in [4.69, 9.17) is 21.7 Å². The summed E-state index contributed by atoms with van der Waals surface area (Å²) in [5.41, 5.74) is 11.8. The van der Waals surface area contributed by atoms with E-state index in [-0.39, 0.29) is 12.8 Å². The molecule has 0 spiro atoms. The molecule has 12 nitrogen and oxygen atoms in total. The summed E-state index contributed by atoms with van der Waals surface area (Å²) in [6.45, 7) is 1.66. The average Bonchev–Trinajstić information content (AvgIpc) is 2.77. The van der Waals surface area contributed by atoms with Gasteiger partial charge in [0, 0.05) is 6.42 Å². The molecule has 0 bridgehead atoms. The predicted molar refractivity (Wildman–Crippen MR) is 122 cm³/mol. The van der Waals surface area contributed by atoms with Gasteiger partial charge in [-0.1, -0.05) is 30.3 Å². The highest BCUT2D eigenvalue weighted by molar-refractivity contribution is 5.94. The molecule has 0 heterocycles. The van der Waals surface area contributed by atoms with Gasteiger partial charge in [-0.05, 0) is 38.3 Å². The molecule has 188 valence electrons. The number of hydrogen-bond acceptors (Lipinski definition) is 7. The van der Waals surface area contributed by atoms with Crippen LogP contribution >= 0.6 is 0 Å². The third kappa shape index (κ3) is 10.4. The highest BCUT2D eigenvalue weighted by Gasteiger charge is 2.29. The molecule has 4 atom stereocenters. The monoisotopic (exact) mass is 479 g/mol. The topological polar surface area (TPSA) is 214 Å². The van der Waals surface area contributed by atoms with Gasteiger partial charge in [-0.2, -0.15) is 0 Å². The van der Waals surface area contributed by atoms with Crippen molar-refractivity contribution in [1.82, 2.24) is 16.0 Å². The number of aliphatic carboxylic acids is 2. The van der Waals surface area contributed by atoms with E-state index >= 15 is 0 Å². The van der Waals surface area contributed by atoms with Crippen molar-refractivity contribution in [2.24, 2.45) is 11.5 Å². The molecule has 4 unspecified atom stereocenters. The standard InChI is InChI=1S/C22H33N5O7/c1-13(22(33)34)25-21(32)17(11-14-7-3-2-4-8-14)27-20(31)16(9-5-6-10-23)26-19(30)15(24)12-18(28)29/h2-4,7-8,13,15-17H,5-6,9-12,23-24H2,1H3,(H,25,32)(H,26,30)(H,27,31)(H,28,29)(H,33,34). The van der Waals surface area contributed by atoms with Crippen LogP contribution < -0.4 is 27.4 Å². The molecular formula is C22H33N5O7. The summed E-state index contributed by atoms with van der Waals surface area (Å²) >= 11 is 0. The van der Waals surface area contributed by atoms with Crippen LogP contribution in [0.25, 0.3) is 0 Å². The summed E-state index contributed by atoms with van der Waals surface area (Å²) in [4.78, 5) is 60.1. The van der Waals surface area contributed by atoms with Gasteiger partial charge in [-0.25, -0.2) is 0 Å². The summed E-state index contributed by atoms with van der Waals surface area (Å²) in [5, 5.41) is 25.3. The zero-order chi connectivity index (χ0) is 25.7. The Labute approximate surface area is 197 Å². The van der Waals surface area contributed by atoms with Crippen molar-refractivity contribution >= 4 is 29.7 Å². The molecule has 0 aromatic heterocycles. The summed E-state index contributed by atoms with van der Waals surface area (Å²) in [6, 6.07) is 4.03. The van der Waals surface area contributed by atoms with Crippen molar-refractivity contribution in [3.8, 4) is 0 Å². The smallest absolute Gasteiger partial charge is 0.325 e. The SMILES string of the molecule is CC(NC(=O)C(Cc1ccccc1)NC(=O)C(CCCCN)NC(=O)C(N)CC(=O)O)C(=O)O. The van der Waals surface area contributed by atoms with E-state index in [1.807, 2.05) is 0 Å². The third-order valence-electron chi connectivity index (χ3n) is 4.96. The maximum Gasteiger partial charge on any atom is 0.325 e. The van der Waals surface area contributed by atoms with Crippen LogP contribution in [0.5, 0.6) is 0 Å². The Hall–Kier alpha value is -3.51. The number of hydrogen-bond donors (Lipinski definition) is 7. The fraction of sp³-hybridized carbons (Fsp3) is 0.500. The number of carboxylic acid groups (broad SMARTS) is 2. The van der Waals surface area contributed by atoms with E-state index in [0.29, 0.717) is 19.4 Å². The molecular weight excluding hydrogens is 446 g/mol. The molecule has 0 aliphatic rings. The molecule has 0 aliphatic heterocycles. The van der Waals surface area contributed by atoms with Gasteiger partial charge >= 0.3 is 11.9 Å². The lowest BCUT2D eigenvalue weighted by molar-refractivity contribution is -0.141. The molecule has 0 aliphatic carbocycles. The first-order valence-corrected chi connectivity index (χ1v) is 10.9. The zero-order valence-electron chi connectivity index (χ0n) is 19.0. The number of unbranched alkanes of at least 4 members (excludes halogenated alkanes) is 1. The first kappa shape index (κ1) is 28.5. The van der Waals surface area contributed by atoms with E-state index in [9.17, 15) is 24.0 Å². The Morgan fingerprint density at radius 2 is 1.47 bits per heavy atom. The first-order chi connectivity index (χ1) is 16.0. The Morgan fingerprint density at radius 3 is 2.03 bits per heavy atom. The Morgan fingerprint density at radius 1 is 0.882 bits per heavy atom. The minimum Gasteiger partial charge on any atom is -0.481 e. The fourth-order valence-corrected chi connectivity index (χ4v) is 3.03. The van der Waals surface area contributed by atoms with Crippen LogP contribution in [0, 0.1) is 0 Å². The predicted octanol–water partition coefficient (Wildman–Crippen LogP) is -1.28. The number of benzene rings is 1. The second-order valence-electron chi connectivity index (χ2n) is 7.87. The highest BCUT2D eigenvalue weighted by Crippen LogP contribution is 2.07. The van der Waals surface area contributed by atoms with Gasteiger partial charge in [-0.15, -0.1) is 0 Å². The van der Waals surface area contributed by atoms with Crippen molar-refractivity contribution in [3.63, 3.8) is 0 Å². The quantitative estimate of drug-likeness (QED) is 0.149. The van der Waals surface area contributed by atoms with E-state index in [1.165, 1.54) is 6.92 Å². The van der Waals surface area contributed by atoms with Crippen LogP contribution in [0.15, 0.2) is 30.3 Å². The molecule has 0 radical (unpaired) electrons. The van der Waals surface area contributed by atoms with Crippen LogP contribution in [0.2, 0.25) is 0 Å². The number of rotatable bonds is 15. The molecule has 0 saturated heterocycles. The van der Waals surface area contributed by atoms with Crippen molar-refractivity contribution in [2.45, 2.75) is 63.2 Å². The van der Waals surface area contributed by atoms with Gasteiger partial charge in [0.05, 0.1) is 12.5 Å². The van der Waals surface area contributed by atoms with E-state index in [2.05, 4.69) is 16.0 Å². The van der Waals surface area contributed by atoms with Crippen LogP contribution in [-0.2, 0) is 30.4 Å². The van der Waals surface area contributed by atoms with Crippen molar-refractivity contribution < 1.29 is 34.2 Å². The Balaban J connectivity index is 3.03. The third-order valence-corrected chi connectivity index (χ3v) is 4.96. The molecule has 9 N–H and O–H groups in total. The van der Waals surface area contributed by atoms with Gasteiger partial charge in [-0.3, -0.25) is 24.0 Å². The molecule has 1 rings (SSSR count). The number of carbonyl (C=O) groups excluding carboxylic acids is 3. The number of carboxylic acids is 2. The van der Waals surface area contributed by atoms with E-state index < -0.39 is 60.2 Å².